The fraction of sp³-hybridized carbons (Fsp3) is 0.350. The molecule has 0 unspecified atom stereocenters. The Morgan fingerprint density at radius 2 is 1.65 bits per heavy atom. The van der Waals surface area contributed by atoms with Gasteiger partial charge in [-0.05, 0) is 34.6 Å². The molecule has 0 amide bonds. The summed E-state index contributed by atoms with van der Waals surface area (Å²) < 4.78 is 6.09. The fourth-order valence-electron chi connectivity index (χ4n) is 2.44. The molecule has 23 heavy (non-hydrogen) atoms. The predicted octanol–water partition coefficient (Wildman–Crippen LogP) is 4.76. The molecule has 0 fully saturated rings. The summed E-state index contributed by atoms with van der Waals surface area (Å²) in [5.74, 6) is 0.952. The van der Waals surface area contributed by atoms with Gasteiger partial charge in [-0.15, -0.1) is 0 Å². The largest absolute Gasteiger partial charge is 0.489 e. The van der Waals surface area contributed by atoms with Crippen molar-refractivity contribution < 1.29 is 4.74 Å². The summed E-state index contributed by atoms with van der Waals surface area (Å²) in [6.07, 6.45) is 1.03. The van der Waals surface area contributed by atoms with Crippen LogP contribution in [-0.4, -0.2) is 4.99 Å². The molecule has 2 N–H and O–H groups in total. The highest BCUT2D eigenvalue weighted by atomic mass is 32.1. The minimum Gasteiger partial charge on any atom is -0.489 e. The van der Waals surface area contributed by atoms with E-state index in [2.05, 4.69) is 45.9 Å². The van der Waals surface area contributed by atoms with Crippen molar-refractivity contribution >= 4 is 17.2 Å². The van der Waals surface area contributed by atoms with Gasteiger partial charge >= 0.3 is 0 Å². The molecule has 0 spiro atoms. The van der Waals surface area contributed by atoms with Gasteiger partial charge in [-0.1, -0.05) is 76.3 Å². The molecular formula is C20H25NOS. The summed E-state index contributed by atoms with van der Waals surface area (Å²) in [4.78, 5) is 0.419. The van der Waals surface area contributed by atoms with Crippen LogP contribution in [0.2, 0.25) is 0 Å². The van der Waals surface area contributed by atoms with Crippen molar-refractivity contribution in [2.75, 3.05) is 0 Å². The predicted molar refractivity (Wildman–Crippen MR) is 101 cm³/mol. The zero-order valence-corrected chi connectivity index (χ0v) is 15.2. The normalized spacial score (nSPS) is 11.3. The maximum absolute atomic E-state index is 6.09. The summed E-state index contributed by atoms with van der Waals surface area (Å²) in [6, 6.07) is 14.4. The van der Waals surface area contributed by atoms with E-state index in [0.29, 0.717) is 11.6 Å². The van der Waals surface area contributed by atoms with Crippen LogP contribution in [0.3, 0.4) is 0 Å². The summed E-state index contributed by atoms with van der Waals surface area (Å²) >= 11 is 4.97. The molecule has 3 heteroatoms. The second kappa shape index (κ2) is 7.14. The van der Waals surface area contributed by atoms with Crippen LogP contribution in [0, 0.1) is 0 Å². The molecule has 0 aliphatic rings. The lowest BCUT2D eigenvalue weighted by atomic mass is 9.85. The van der Waals surface area contributed by atoms with Crippen molar-refractivity contribution in [3.63, 3.8) is 0 Å². The van der Waals surface area contributed by atoms with Gasteiger partial charge in [0.2, 0.25) is 0 Å². The van der Waals surface area contributed by atoms with E-state index in [0.717, 1.165) is 23.3 Å². The van der Waals surface area contributed by atoms with Crippen LogP contribution in [0.4, 0.5) is 0 Å². The van der Waals surface area contributed by atoms with Gasteiger partial charge in [0.05, 0.1) is 0 Å². The third kappa shape index (κ3) is 4.55. The van der Waals surface area contributed by atoms with Gasteiger partial charge in [0.15, 0.2) is 0 Å². The van der Waals surface area contributed by atoms with E-state index in [1.165, 1.54) is 11.1 Å². The minimum atomic E-state index is 0.0517. The molecule has 0 radical (unpaired) electrons. The highest BCUT2D eigenvalue weighted by molar-refractivity contribution is 7.80. The molecule has 0 atom stereocenters. The maximum atomic E-state index is 6.09. The Balaban J connectivity index is 2.18. The molecule has 0 bridgehead atoms. The number of aryl methyl sites for hydroxylation is 1. The van der Waals surface area contributed by atoms with Crippen LogP contribution in [0.25, 0.3) is 0 Å². The Morgan fingerprint density at radius 3 is 2.17 bits per heavy atom. The van der Waals surface area contributed by atoms with Gasteiger partial charge in [-0.3, -0.25) is 0 Å². The number of benzene rings is 2. The summed E-state index contributed by atoms with van der Waals surface area (Å²) in [5.41, 5.74) is 10.2. The van der Waals surface area contributed by atoms with Crippen molar-refractivity contribution in [2.24, 2.45) is 5.73 Å². The van der Waals surface area contributed by atoms with Gasteiger partial charge in [-0.25, -0.2) is 0 Å². The van der Waals surface area contributed by atoms with E-state index < -0.39 is 0 Å². The minimum absolute atomic E-state index is 0.0517. The Labute approximate surface area is 144 Å². The van der Waals surface area contributed by atoms with E-state index >= 15 is 0 Å². The van der Waals surface area contributed by atoms with Crippen LogP contribution < -0.4 is 10.5 Å². The van der Waals surface area contributed by atoms with Gasteiger partial charge in [0, 0.05) is 5.56 Å². The van der Waals surface area contributed by atoms with Crippen LogP contribution >= 0.6 is 12.2 Å². The van der Waals surface area contributed by atoms with E-state index in [1.54, 1.807) is 0 Å². The Morgan fingerprint density at radius 1 is 1.04 bits per heavy atom. The first-order chi connectivity index (χ1) is 10.8. The monoisotopic (exact) mass is 327 g/mol. The molecule has 0 heterocycles. The lowest BCUT2D eigenvalue weighted by molar-refractivity contribution is 0.297. The lowest BCUT2D eigenvalue weighted by Gasteiger charge is -2.23. The molecule has 0 aliphatic heterocycles. The second-order valence-corrected chi connectivity index (χ2v) is 7.22. The van der Waals surface area contributed by atoms with Gasteiger partial charge in [0.1, 0.15) is 17.3 Å². The smallest absolute Gasteiger partial charge is 0.123 e. The number of rotatable bonds is 5. The van der Waals surface area contributed by atoms with Crippen molar-refractivity contribution in [1.29, 1.82) is 0 Å². The van der Waals surface area contributed by atoms with Crippen molar-refractivity contribution in [3.05, 3.63) is 64.7 Å². The first kappa shape index (κ1) is 17.5. The fourth-order valence-corrected chi connectivity index (χ4v) is 2.57. The van der Waals surface area contributed by atoms with Crippen LogP contribution in [-0.2, 0) is 18.4 Å². The molecule has 2 aromatic rings. The lowest BCUT2D eigenvalue weighted by Crippen LogP contribution is -2.14. The number of hydrogen-bond acceptors (Lipinski definition) is 2. The first-order valence-electron chi connectivity index (χ1n) is 7.96. The molecule has 122 valence electrons. The van der Waals surface area contributed by atoms with Gasteiger partial charge in [0.25, 0.3) is 0 Å². The third-order valence-corrected chi connectivity index (χ3v) is 4.13. The number of ether oxygens (including phenoxy) is 1. The Kier molecular flexibility index (Phi) is 5.42. The third-order valence-electron chi connectivity index (χ3n) is 3.89. The average molecular weight is 327 g/mol. The molecule has 0 aliphatic carbocycles. The summed E-state index contributed by atoms with van der Waals surface area (Å²) in [6.45, 7) is 9.35. The maximum Gasteiger partial charge on any atom is 0.123 e. The first-order valence-corrected chi connectivity index (χ1v) is 8.37. The molecular weight excluding hydrogens is 302 g/mol. The van der Waals surface area contributed by atoms with E-state index in [1.807, 2.05) is 24.3 Å². The molecule has 0 aromatic heterocycles. The van der Waals surface area contributed by atoms with Crippen molar-refractivity contribution in [1.82, 2.24) is 0 Å². The van der Waals surface area contributed by atoms with Crippen molar-refractivity contribution in [2.45, 2.75) is 46.1 Å². The Bertz CT molecular complexity index is 684. The van der Waals surface area contributed by atoms with E-state index in [4.69, 9.17) is 22.7 Å². The molecule has 2 rings (SSSR count). The van der Waals surface area contributed by atoms with E-state index in [9.17, 15) is 0 Å². The van der Waals surface area contributed by atoms with Crippen LogP contribution in [0.5, 0.6) is 5.75 Å². The SMILES string of the molecule is CCc1ccc(OCc2ccc(C(N)=S)cc2)c(C(C)(C)C)c1. The van der Waals surface area contributed by atoms with Crippen LogP contribution in [0.15, 0.2) is 42.5 Å². The topological polar surface area (TPSA) is 35.2 Å². The van der Waals surface area contributed by atoms with Gasteiger partial charge < -0.3 is 10.5 Å². The molecule has 2 nitrogen and oxygen atoms in total. The summed E-state index contributed by atoms with van der Waals surface area (Å²) in [7, 11) is 0. The highest BCUT2D eigenvalue weighted by Crippen LogP contribution is 2.32. The summed E-state index contributed by atoms with van der Waals surface area (Å²) in [5, 5.41) is 0. The van der Waals surface area contributed by atoms with E-state index in [-0.39, 0.29) is 5.41 Å². The number of nitrogens with two attached hydrogens (primary N) is 1. The second-order valence-electron chi connectivity index (χ2n) is 6.78. The zero-order valence-electron chi connectivity index (χ0n) is 14.3. The quantitative estimate of drug-likeness (QED) is 0.804. The number of hydrogen-bond donors (Lipinski definition) is 1. The van der Waals surface area contributed by atoms with Crippen molar-refractivity contribution in [3.8, 4) is 5.75 Å². The van der Waals surface area contributed by atoms with Crippen LogP contribution in [0.1, 0.15) is 49.9 Å². The number of thiocarbonyl (C=S) groups is 1. The Hall–Kier alpha value is -1.87. The highest BCUT2D eigenvalue weighted by Gasteiger charge is 2.19. The molecule has 0 saturated heterocycles. The van der Waals surface area contributed by atoms with Gasteiger partial charge in [-0.2, -0.15) is 0 Å². The standard InChI is InChI=1S/C20H25NOS/c1-5-14-8-11-18(17(12-14)20(2,3)4)22-13-15-6-9-16(10-7-15)19(21)23/h6-12H,5,13H2,1-4H3,(H2,21,23). The molecule has 2 aromatic carbocycles. The zero-order chi connectivity index (χ0) is 17.0. The average Bonchev–Trinajstić information content (AvgIpc) is 2.52. The molecule has 0 saturated carbocycles.